The Morgan fingerprint density at radius 2 is 0.385 bits per heavy atom. The van der Waals surface area contributed by atoms with E-state index in [-0.39, 0.29) is 18.6 Å². The molecule has 0 aromatic heterocycles. The fraction of sp³-hybridized carbons (Fsp3) is 1.00. The first-order chi connectivity index (χ1) is 5.66. The zero-order valence-electron chi connectivity index (χ0n) is 10.2. The minimum atomic E-state index is 0. The van der Waals surface area contributed by atoms with Gasteiger partial charge in [0.25, 0.3) is 0 Å². The van der Waals surface area contributed by atoms with Crippen LogP contribution in [0.25, 0.3) is 21.3 Å². The molecular formula is C8H24N4V. The van der Waals surface area contributed by atoms with E-state index in [0.717, 1.165) is 0 Å². The minimum absolute atomic E-state index is 0. The van der Waals surface area contributed by atoms with Crippen LogP contribution in [-0.2, 0) is 18.6 Å². The van der Waals surface area contributed by atoms with E-state index in [4.69, 9.17) is 0 Å². The SMILES string of the molecule is C[N-]C.C[N-]C.C[N-]C.C[N-]C.[V+4]. The molecule has 0 N–H and O–H groups in total. The van der Waals surface area contributed by atoms with Crippen molar-refractivity contribution in [3.05, 3.63) is 21.3 Å². The summed E-state index contributed by atoms with van der Waals surface area (Å²) in [5.41, 5.74) is 0. The largest absolute Gasteiger partial charge is 4.00 e. The van der Waals surface area contributed by atoms with Crippen LogP contribution >= 0.6 is 0 Å². The number of rotatable bonds is 0. The van der Waals surface area contributed by atoms with Crippen molar-refractivity contribution in [1.29, 1.82) is 0 Å². The standard InChI is InChI=1S/4C2H6N.V/c4*1-3-2;/h4*1-2H3;/q4*-1;+4. The molecule has 0 aromatic rings. The number of hydrogen-bond acceptors (Lipinski definition) is 0. The first kappa shape index (κ1) is 29.2. The van der Waals surface area contributed by atoms with Gasteiger partial charge >= 0.3 is 18.6 Å². The molecule has 0 saturated heterocycles. The van der Waals surface area contributed by atoms with Crippen molar-refractivity contribution < 1.29 is 18.6 Å². The average Bonchev–Trinajstić information content (AvgIpc) is 1.92. The average molecular weight is 227 g/mol. The molecular weight excluding hydrogens is 203 g/mol. The molecule has 5 heteroatoms. The topological polar surface area (TPSA) is 56.4 Å². The fourth-order valence-electron chi connectivity index (χ4n) is 0. The Morgan fingerprint density at radius 1 is 0.385 bits per heavy atom. The molecule has 0 saturated carbocycles. The predicted octanol–water partition coefficient (Wildman–Crippen LogP) is 2.48. The Morgan fingerprint density at radius 3 is 0.385 bits per heavy atom. The monoisotopic (exact) mass is 227 g/mol. The summed E-state index contributed by atoms with van der Waals surface area (Å²) in [7, 11) is 14.0. The third kappa shape index (κ3) is 7500. The summed E-state index contributed by atoms with van der Waals surface area (Å²) in [6.45, 7) is 0. The van der Waals surface area contributed by atoms with Crippen LogP contribution in [0.1, 0.15) is 0 Å². The Balaban J connectivity index is -0.0000000213. The zero-order chi connectivity index (χ0) is 10.8. The van der Waals surface area contributed by atoms with E-state index >= 15 is 0 Å². The molecule has 0 fully saturated rings. The van der Waals surface area contributed by atoms with E-state index in [1.54, 1.807) is 56.4 Å². The Bertz CT molecular complexity index is 24.1. The van der Waals surface area contributed by atoms with Crippen molar-refractivity contribution in [3.63, 3.8) is 0 Å². The molecule has 13 heavy (non-hydrogen) atoms. The normalized spacial score (nSPS) is 5.54. The van der Waals surface area contributed by atoms with Crippen molar-refractivity contribution in [3.8, 4) is 0 Å². The molecule has 0 heterocycles. The van der Waals surface area contributed by atoms with E-state index < -0.39 is 0 Å². The first-order valence-electron chi connectivity index (χ1n) is 3.58. The van der Waals surface area contributed by atoms with Gasteiger partial charge in [-0.1, -0.05) is 0 Å². The van der Waals surface area contributed by atoms with Gasteiger partial charge in [-0.2, -0.15) is 56.4 Å². The summed E-state index contributed by atoms with van der Waals surface area (Å²) in [4.78, 5) is 0. The molecule has 0 rings (SSSR count). The van der Waals surface area contributed by atoms with Crippen LogP contribution in [0.2, 0.25) is 0 Å². The van der Waals surface area contributed by atoms with Gasteiger partial charge in [0.05, 0.1) is 0 Å². The van der Waals surface area contributed by atoms with E-state index in [1.165, 1.54) is 0 Å². The van der Waals surface area contributed by atoms with Crippen LogP contribution < -0.4 is 0 Å². The second-order valence-corrected chi connectivity index (χ2v) is 1.79. The maximum atomic E-state index is 3.50. The molecule has 81 valence electrons. The first-order valence-corrected chi connectivity index (χ1v) is 3.58. The van der Waals surface area contributed by atoms with Gasteiger partial charge in [-0.3, -0.25) is 0 Å². The smallest absolute Gasteiger partial charge is 0.668 e. The molecule has 0 aliphatic rings. The van der Waals surface area contributed by atoms with E-state index in [2.05, 4.69) is 21.3 Å². The van der Waals surface area contributed by atoms with Crippen molar-refractivity contribution in [2.24, 2.45) is 0 Å². The van der Waals surface area contributed by atoms with Gasteiger partial charge in [-0.25, -0.2) is 0 Å². The van der Waals surface area contributed by atoms with Gasteiger partial charge < -0.3 is 21.3 Å². The molecule has 4 nitrogen and oxygen atoms in total. The summed E-state index contributed by atoms with van der Waals surface area (Å²) < 4.78 is 0. The van der Waals surface area contributed by atoms with Crippen LogP contribution in [0, 0.1) is 0 Å². The molecule has 0 aliphatic carbocycles. The summed E-state index contributed by atoms with van der Waals surface area (Å²) in [6.07, 6.45) is 0. The van der Waals surface area contributed by atoms with Crippen LogP contribution in [-0.4, -0.2) is 56.4 Å². The maximum Gasteiger partial charge on any atom is 4.00 e. The Hall–Kier alpha value is 0.424. The van der Waals surface area contributed by atoms with Crippen molar-refractivity contribution in [2.45, 2.75) is 0 Å². The summed E-state index contributed by atoms with van der Waals surface area (Å²) in [6, 6.07) is 0. The predicted molar refractivity (Wildman–Crippen MR) is 60.8 cm³/mol. The molecule has 1 radical (unpaired) electrons. The third-order valence-corrected chi connectivity index (χ3v) is 0. The Kier molecular flexibility index (Phi) is 186. The second-order valence-electron chi connectivity index (χ2n) is 1.79. The Labute approximate surface area is 96.5 Å². The van der Waals surface area contributed by atoms with E-state index in [0.29, 0.717) is 0 Å². The van der Waals surface area contributed by atoms with Crippen molar-refractivity contribution in [2.75, 3.05) is 56.4 Å². The van der Waals surface area contributed by atoms with Crippen LogP contribution in [0.15, 0.2) is 0 Å². The van der Waals surface area contributed by atoms with Gasteiger partial charge in [0.1, 0.15) is 0 Å². The van der Waals surface area contributed by atoms with E-state index in [9.17, 15) is 0 Å². The van der Waals surface area contributed by atoms with Crippen molar-refractivity contribution >= 4 is 0 Å². The van der Waals surface area contributed by atoms with Gasteiger partial charge in [0.2, 0.25) is 0 Å². The van der Waals surface area contributed by atoms with Crippen LogP contribution in [0.4, 0.5) is 0 Å². The third-order valence-electron chi connectivity index (χ3n) is 0. The van der Waals surface area contributed by atoms with Crippen molar-refractivity contribution in [1.82, 2.24) is 0 Å². The zero-order valence-corrected chi connectivity index (χ0v) is 11.6. The van der Waals surface area contributed by atoms with Gasteiger partial charge in [-0.05, 0) is 0 Å². The molecule has 0 bridgehead atoms. The van der Waals surface area contributed by atoms with Gasteiger partial charge in [-0.15, -0.1) is 0 Å². The number of hydrogen-bond donors (Lipinski definition) is 0. The molecule has 0 spiro atoms. The maximum absolute atomic E-state index is 3.50. The summed E-state index contributed by atoms with van der Waals surface area (Å²) in [5, 5.41) is 14.0. The summed E-state index contributed by atoms with van der Waals surface area (Å²) >= 11 is 0. The fourth-order valence-corrected chi connectivity index (χ4v) is 0. The molecule has 0 unspecified atom stereocenters. The minimum Gasteiger partial charge on any atom is -0.668 e. The molecule has 0 aliphatic heterocycles. The van der Waals surface area contributed by atoms with Gasteiger partial charge in [0, 0.05) is 0 Å². The van der Waals surface area contributed by atoms with Gasteiger partial charge in [0.15, 0.2) is 0 Å². The molecule has 0 aromatic carbocycles. The quantitative estimate of drug-likeness (QED) is 0.610. The van der Waals surface area contributed by atoms with E-state index in [1.807, 2.05) is 0 Å². The number of nitrogens with zero attached hydrogens (tertiary/aromatic N) is 4. The van der Waals surface area contributed by atoms with Crippen LogP contribution in [0.3, 0.4) is 0 Å². The second kappa shape index (κ2) is 82.8. The molecule has 0 amide bonds. The molecule has 0 atom stereocenters. The van der Waals surface area contributed by atoms with Crippen LogP contribution in [0.5, 0.6) is 0 Å². The summed E-state index contributed by atoms with van der Waals surface area (Å²) in [5.74, 6) is 0.